The largest absolute Gasteiger partial charge is 0.494 e. The van der Waals surface area contributed by atoms with Crippen LogP contribution in [0.4, 0.5) is 0 Å². The molecule has 1 aromatic heterocycles. The number of aromatic nitrogens is 2. The standard InChI is InChI=1S/C8H11N3O4/c1-3-6(13)10-8(15)11(7(3)14)4(2)5(9)12/h4,14H,1-2H3,(H2,9,12)(H,10,13,15). The molecule has 0 bridgehead atoms. The van der Waals surface area contributed by atoms with E-state index in [1.54, 1.807) is 0 Å². The van der Waals surface area contributed by atoms with Gasteiger partial charge >= 0.3 is 5.69 Å². The highest BCUT2D eigenvalue weighted by atomic mass is 16.3. The van der Waals surface area contributed by atoms with Gasteiger partial charge in [0.05, 0.1) is 5.56 Å². The summed E-state index contributed by atoms with van der Waals surface area (Å²) in [6, 6.07) is -1.02. The number of H-pyrrole nitrogens is 1. The Hall–Kier alpha value is -2.05. The van der Waals surface area contributed by atoms with E-state index in [0.29, 0.717) is 0 Å². The second-order valence-electron chi connectivity index (χ2n) is 3.16. The molecule has 0 radical (unpaired) electrons. The van der Waals surface area contributed by atoms with Gasteiger partial charge in [-0.15, -0.1) is 0 Å². The van der Waals surface area contributed by atoms with Crippen LogP contribution in [0.2, 0.25) is 0 Å². The van der Waals surface area contributed by atoms with Crippen LogP contribution in [0.25, 0.3) is 0 Å². The van der Waals surface area contributed by atoms with Gasteiger partial charge in [-0.25, -0.2) is 4.79 Å². The number of amides is 1. The normalized spacial score (nSPS) is 12.4. The van der Waals surface area contributed by atoms with Gasteiger partial charge in [-0.05, 0) is 13.8 Å². The third-order valence-corrected chi connectivity index (χ3v) is 2.14. The van der Waals surface area contributed by atoms with Crippen molar-refractivity contribution in [3.8, 4) is 5.88 Å². The van der Waals surface area contributed by atoms with Crippen molar-refractivity contribution in [3.63, 3.8) is 0 Å². The van der Waals surface area contributed by atoms with E-state index < -0.39 is 29.1 Å². The van der Waals surface area contributed by atoms with E-state index in [2.05, 4.69) is 0 Å². The summed E-state index contributed by atoms with van der Waals surface area (Å²) in [6.45, 7) is 2.68. The topological polar surface area (TPSA) is 118 Å². The summed E-state index contributed by atoms with van der Waals surface area (Å²) in [4.78, 5) is 35.2. The minimum Gasteiger partial charge on any atom is -0.494 e. The third-order valence-electron chi connectivity index (χ3n) is 2.14. The van der Waals surface area contributed by atoms with Gasteiger partial charge in [0.1, 0.15) is 6.04 Å². The van der Waals surface area contributed by atoms with Gasteiger partial charge in [0, 0.05) is 0 Å². The Balaban J connectivity index is 3.57. The summed E-state index contributed by atoms with van der Waals surface area (Å²) < 4.78 is 0.735. The number of nitrogens with two attached hydrogens (primary N) is 1. The molecular formula is C8H11N3O4. The van der Waals surface area contributed by atoms with Crippen LogP contribution in [0.15, 0.2) is 9.59 Å². The molecule has 1 unspecified atom stereocenters. The van der Waals surface area contributed by atoms with E-state index in [0.717, 1.165) is 4.57 Å². The van der Waals surface area contributed by atoms with Gasteiger partial charge < -0.3 is 10.8 Å². The number of rotatable bonds is 2. The summed E-state index contributed by atoms with van der Waals surface area (Å²) >= 11 is 0. The van der Waals surface area contributed by atoms with Crippen LogP contribution in [0.5, 0.6) is 5.88 Å². The molecular weight excluding hydrogens is 202 g/mol. The fraction of sp³-hybridized carbons (Fsp3) is 0.375. The van der Waals surface area contributed by atoms with Crippen LogP contribution < -0.4 is 17.0 Å². The van der Waals surface area contributed by atoms with Crippen molar-refractivity contribution in [3.05, 3.63) is 26.4 Å². The Morgan fingerprint density at radius 3 is 2.53 bits per heavy atom. The number of carbonyl (C=O) groups excluding carboxylic acids is 1. The summed E-state index contributed by atoms with van der Waals surface area (Å²) in [7, 11) is 0. The van der Waals surface area contributed by atoms with Crippen LogP contribution in [-0.4, -0.2) is 20.6 Å². The number of hydrogen-bond donors (Lipinski definition) is 3. The highest BCUT2D eigenvalue weighted by Crippen LogP contribution is 2.13. The Kier molecular flexibility index (Phi) is 2.65. The fourth-order valence-electron chi connectivity index (χ4n) is 1.12. The molecule has 15 heavy (non-hydrogen) atoms. The smallest absolute Gasteiger partial charge is 0.331 e. The lowest BCUT2D eigenvalue weighted by molar-refractivity contribution is -0.120. The van der Waals surface area contributed by atoms with E-state index in [1.807, 2.05) is 4.98 Å². The molecule has 4 N–H and O–H groups in total. The van der Waals surface area contributed by atoms with Crippen LogP contribution >= 0.6 is 0 Å². The van der Waals surface area contributed by atoms with Gasteiger partial charge in [-0.3, -0.25) is 19.1 Å². The molecule has 1 aromatic rings. The Morgan fingerprint density at radius 1 is 1.53 bits per heavy atom. The van der Waals surface area contributed by atoms with Crippen LogP contribution in [0.1, 0.15) is 18.5 Å². The summed E-state index contributed by atoms with van der Waals surface area (Å²) in [5.41, 5.74) is 3.40. The predicted molar refractivity (Wildman–Crippen MR) is 51.6 cm³/mol. The number of aromatic amines is 1. The zero-order valence-electron chi connectivity index (χ0n) is 8.27. The number of carbonyl (C=O) groups is 1. The minimum absolute atomic E-state index is 0.0392. The molecule has 0 fully saturated rings. The van der Waals surface area contributed by atoms with E-state index in [4.69, 9.17) is 5.73 Å². The Bertz CT molecular complexity index is 514. The number of hydrogen-bond acceptors (Lipinski definition) is 4. The zero-order valence-corrected chi connectivity index (χ0v) is 8.27. The number of nitrogens with one attached hydrogen (secondary N) is 1. The van der Waals surface area contributed by atoms with Crippen molar-refractivity contribution in [2.75, 3.05) is 0 Å². The molecule has 0 saturated carbocycles. The third kappa shape index (κ3) is 1.76. The van der Waals surface area contributed by atoms with Gasteiger partial charge in [0.2, 0.25) is 11.8 Å². The first-order chi connectivity index (χ1) is 6.86. The first-order valence-corrected chi connectivity index (χ1v) is 4.20. The molecule has 1 atom stereocenters. The maximum absolute atomic E-state index is 11.3. The maximum atomic E-state index is 11.3. The highest BCUT2D eigenvalue weighted by molar-refractivity contribution is 5.78. The van der Waals surface area contributed by atoms with Gasteiger partial charge in [0.25, 0.3) is 5.56 Å². The summed E-state index contributed by atoms with van der Waals surface area (Å²) in [5.74, 6) is -1.33. The van der Waals surface area contributed by atoms with Crippen molar-refractivity contribution in [1.82, 2.24) is 9.55 Å². The lowest BCUT2D eigenvalue weighted by Gasteiger charge is -2.13. The molecule has 0 aliphatic heterocycles. The summed E-state index contributed by atoms with van der Waals surface area (Å²) in [5, 5.41) is 9.51. The van der Waals surface area contributed by atoms with Gasteiger partial charge in [-0.2, -0.15) is 0 Å². The highest BCUT2D eigenvalue weighted by Gasteiger charge is 2.19. The number of nitrogens with zero attached hydrogens (tertiary/aromatic N) is 1. The molecule has 7 heteroatoms. The molecule has 0 spiro atoms. The molecule has 7 nitrogen and oxygen atoms in total. The lowest BCUT2D eigenvalue weighted by atomic mass is 10.3. The average molecular weight is 213 g/mol. The molecule has 0 aromatic carbocycles. The first-order valence-electron chi connectivity index (χ1n) is 4.20. The fourth-order valence-corrected chi connectivity index (χ4v) is 1.12. The second-order valence-corrected chi connectivity index (χ2v) is 3.16. The molecule has 1 rings (SSSR count). The quantitative estimate of drug-likeness (QED) is 0.559. The Labute approximate surface area is 84.2 Å². The minimum atomic E-state index is -1.02. The van der Waals surface area contributed by atoms with E-state index in [1.165, 1.54) is 13.8 Å². The lowest BCUT2D eigenvalue weighted by Crippen LogP contribution is -2.37. The van der Waals surface area contributed by atoms with Gasteiger partial charge in [0.15, 0.2) is 0 Å². The molecule has 1 heterocycles. The number of aromatic hydroxyl groups is 1. The van der Waals surface area contributed by atoms with Crippen molar-refractivity contribution in [1.29, 1.82) is 0 Å². The van der Waals surface area contributed by atoms with Crippen molar-refractivity contribution < 1.29 is 9.90 Å². The summed E-state index contributed by atoms with van der Waals surface area (Å²) in [6.07, 6.45) is 0. The van der Waals surface area contributed by atoms with Crippen molar-refractivity contribution >= 4 is 5.91 Å². The average Bonchev–Trinajstić information content (AvgIpc) is 2.14. The van der Waals surface area contributed by atoms with Crippen LogP contribution in [0.3, 0.4) is 0 Å². The second kappa shape index (κ2) is 3.60. The molecule has 82 valence electrons. The Morgan fingerprint density at radius 2 is 2.07 bits per heavy atom. The predicted octanol–water partition coefficient (Wildman–Crippen LogP) is -1.40. The van der Waals surface area contributed by atoms with Gasteiger partial charge in [-0.1, -0.05) is 0 Å². The van der Waals surface area contributed by atoms with Crippen molar-refractivity contribution in [2.45, 2.75) is 19.9 Å². The van der Waals surface area contributed by atoms with E-state index >= 15 is 0 Å². The number of primary amides is 1. The monoisotopic (exact) mass is 213 g/mol. The van der Waals surface area contributed by atoms with E-state index in [-0.39, 0.29) is 5.56 Å². The van der Waals surface area contributed by atoms with Crippen LogP contribution in [0, 0.1) is 6.92 Å². The molecule has 0 aliphatic rings. The molecule has 0 saturated heterocycles. The first kappa shape index (κ1) is 11.0. The zero-order chi connectivity index (χ0) is 11.7. The van der Waals surface area contributed by atoms with E-state index in [9.17, 15) is 19.5 Å². The van der Waals surface area contributed by atoms with Crippen LogP contribution in [-0.2, 0) is 4.79 Å². The SMILES string of the molecule is Cc1c(O)n(C(C)C(N)=O)c(=O)[nH]c1=O. The molecule has 0 aliphatic carbocycles. The maximum Gasteiger partial charge on any atom is 0.331 e. The van der Waals surface area contributed by atoms with Crippen molar-refractivity contribution in [2.24, 2.45) is 5.73 Å². The molecule has 1 amide bonds.